The summed E-state index contributed by atoms with van der Waals surface area (Å²) in [6.07, 6.45) is 6.38. The van der Waals surface area contributed by atoms with Crippen molar-refractivity contribution in [1.82, 2.24) is 5.31 Å². The minimum atomic E-state index is 0.899. The zero-order chi connectivity index (χ0) is 5.82. The van der Waals surface area contributed by atoms with Gasteiger partial charge in [0, 0.05) is 0 Å². The number of hydrogen-bond acceptors (Lipinski definition) is 1. The van der Waals surface area contributed by atoms with E-state index in [9.17, 15) is 0 Å². The highest BCUT2D eigenvalue weighted by Crippen LogP contribution is 1.89. The SMILES string of the molecule is [2H]N1CCC=CCC1. The third kappa shape index (κ3) is 1.74. The van der Waals surface area contributed by atoms with E-state index in [2.05, 4.69) is 12.2 Å². The Balaban J connectivity index is 2.28. The van der Waals surface area contributed by atoms with E-state index in [0.717, 1.165) is 25.9 Å². The lowest BCUT2D eigenvalue weighted by atomic mass is 10.4. The summed E-state index contributed by atoms with van der Waals surface area (Å²) in [5.74, 6) is 0. The lowest BCUT2D eigenvalue weighted by Gasteiger charge is -1.92. The highest BCUT2D eigenvalue weighted by atomic mass is 14.8. The molecule has 0 fully saturated rings. The van der Waals surface area contributed by atoms with Crippen molar-refractivity contribution in [3.63, 3.8) is 0 Å². The van der Waals surface area contributed by atoms with Gasteiger partial charge in [-0.3, -0.25) is 0 Å². The Morgan fingerprint density at radius 2 is 1.86 bits per heavy atom. The van der Waals surface area contributed by atoms with Gasteiger partial charge in [-0.15, -0.1) is 0 Å². The summed E-state index contributed by atoms with van der Waals surface area (Å²) in [7, 11) is 0. The first-order valence-corrected chi connectivity index (χ1v) is 2.78. The molecule has 0 spiro atoms. The predicted molar refractivity (Wildman–Crippen MR) is 31.2 cm³/mol. The molecule has 1 nitrogen and oxygen atoms in total. The van der Waals surface area contributed by atoms with Crippen LogP contribution in [0.5, 0.6) is 0 Å². The summed E-state index contributed by atoms with van der Waals surface area (Å²) in [4.78, 5) is 0. The lowest BCUT2D eigenvalue weighted by molar-refractivity contribution is 0.716. The van der Waals surface area contributed by atoms with Crippen molar-refractivity contribution in [3.05, 3.63) is 12.2 Å². The maximum absolute atomic E-state index is 7.21. The van der Waals surface area contributed by atoms with Crippen molar-refractivity contribution in [2.45, 2.75) is 12.8 Å². The molecule has 0 aliphatic carbocycles. The molecule has 1 aliphatic rings. The molecule has 7 heavy (non-hydrogen) atoms. The fourth-order valence-corrected chi connectivity index (χ4v) is 0.679. The monoisotopic (exact) mass is 98.1 g/mol. The molecule has 0 bridgehead atoms. The summed E-state index contributed by atoms with van der Waals surface area (Å²) < 4.78 is 7.21. The molecule has 1 aliphatic heterocycles. The molecule has 0 saturated carbocycles. The second-order valence-corrected chi connectivity index (χ2v) is 1.72. The van der Waals surface area contributed by atoms with Gasteiger partial charge in [-0.1, -0.05) is 12.2 Å². The molecule has 0 aromatic rings. The molecule has 1 heteroatoms. The molecule has 0 saturated heterocycles. The van der Waals surface area contributed by atoms with Gasteiger partial charge in [0.05, 0.1) is 0 Å². The van der Waals surface area contributed by atoms with Crippen molar-refractivity contribution in [3.8, 4) is 0 Å². The van der Waals surface area contributed by atoms with Gasteiger partial charge in [0.15, 0.2) is 0 Å². The third-order valence-electron chi connectivity index (χ3n) is 1.07. The largest absolute Gasteiger partial charge is 0.316 e. The van der Waals surface area contributed by atoms with Crippen molar-refractivity contribution >= 4 is 0 Å². The van der Waals surface area contributed by atoms with Crippen LogP contribution < -0.4 is 5.31 Å². The van der Waals surface area contributed by atoms with Crippen LogP contribution in [0, 0.1) is 0 Å². The number of rotatable bonds is 0. The zero-order valence-electron chi connectivity index (χ0n) is 5.43. The molecule has 1 rings (SSSR count). The number of hydrogen-bond donors (Lipinski definition) is 1. The van der Waals surface area contributed by atoms with Crippen molar-refractivity contribution in [2.24, 2.45) is 0 Å². The van der Waals surface area contributed by atoms with Crippen molar-refractivity contribution < 1.29 is 1.41 Å². The van der Waals surface area contributed by atoms with E-state index in [4.69, 9.17) is 1.41 Å². The summed E-state index contributed by atoms with van der Waals surface area (Å²) >= 11 is 0. The van der Waals surface area contributed by atoms with Crippen molar-refractivity contribution in [2.75, 3.05) is 13.1 Å². The van der Waals surface area contributed by atoms with E-state index in [-0.39, 0.29) is 0 Å². The Morgan fingerprint density at radius 3 is 2.43 bits per heavy atom. The van der Waals surface area contributed by atoms with Crippen LogP contribution in [0.4, 0.5) is 0 Å². The summed E-state index contributed by atoms with van der Waals surface area (Å²) in [6.45, 7) is 1.80. The topological polar surface area (TPSA) is 12.0 Å². The minimum Gasteiger partial charge on any atom is -0.316 e. The fourth-order valence-electron chi connectivity index (χ4n) is 0.679. The van der Waals surface area contributed by atoms with Gasteiger partial charge in [-0.25, -0.2) is 0 Å². The molecule has 0 aromatic heterocycles. The quantitative estimate of drug-likeness (QED) is 0.444. The molecule has 1 N–H and O–H groups in total. The smallest absolute Gasteiger partial charge is 0.122 e. The van der Waals surface area contributed by atoms with Gasteiger partial charge in [-0.2, -0.15) is 0 Å². The maximum atomic E-state index is 7.21. The van der Waals surface area contributed by atoms with E-state index < -0.39 is 0 Å². The van der Waals surface area contributed by atoms with Gasteiger partial charge >= 0.3 is 0 Å². The summed E-state index contributed by atoms with van der Waals surface area (Å²) in [5, 5.41) is 1.61. The molecular formula is C6H11N. The van der Waals surface area contributed by atoms with Crippen LogP contribution in [-0.4, -0.2) is 13.1 Å². The summed E-state index contributed by atoms with van der Waals surface area (Å²) in [6, 6.07) is 0. The van der Waals surface area contributed by atoms with Gasteiger partial charge in [0.25, 0.3) is 0 Å². The van der Waals surface area contributed by atoms with Crippen LogP contribution in [-0.2, 0) is 0 Å². The highest BCUT2D eigenvalue weighted by Gasteiger charge is 1.86. The molecular weight excluding hydrogens is 86.1 g/mol. The van der Waals surface area contributed by atoms with Crippen LogP contribution >= 0.6 is 0 Å². The van der Waals surface area contributed by atoms with E-state index in [1.54, 1.807) is 5.31 Å². The van der Waals surface area contributed by atoms with E-state index >= 15 is 0 Å². The second kappa shape index (κ2) is 2.80. The molecule has 0 amide bonds. The van der Waals surface area contributed by atoms with E-state index in [1.165, 1.54) is 0 Å². The predicted octanol–water partition coefficient (Wildman–Crippen LogP) is 0.926. The average Bonchev–Trinajstić information content (AvgIpc) is 1.94. The zero-order valence-corrected chi connectivity index (χ0v) is 4.43. The second-order valence-electron chi connectivity index (χ2n) is 1.72. The van der Waals surface area contributed by atoms with E-state index in [1.807, 2.05) is 0 Å². The normalized spacial score (nSPS) is 26.6. The van der Waals surface area contributed by atoms with Crippen molar-refractivity contribution in [1.29, 1.82) is 0 Å². The first-order chi connectivity index (χ1) is 3.89. The van der Waals surface area contributed by atoms with Gasteiger partial charge in [-0.05, 0) is 25.9 Å². The lowest BCUT2D eigenvalue weighted by Crippen LogP contribution is -2.13. The number of nitrogens with one attached hydrogen (secondary N) is 1. The maximum Gasteiger partial charge on any atom is 0.122 e. The van der Waals surface area contributed by atoms with Gasteiger partial charge in [0.1, 0.15) is 1.41 Å². The molecule has 0 radical (unpaired) electrons. The average molecular weight is 98.2 g/mol. The van der Waals surface area contributed by atoms with Gasteiger partial charge < -0.3 is 5.31 Å². The molecule has 40 valence electrons. The van der Waals surface area contributed by atoms with Gasteiger partial charge in [0.2, 0.25) is 0 Å². The van der Waals surface area contributed by atoms with Crippen LogP contribution in [0.25, 0.3) is 0 Å². The molecule has 0 atom stereocenters. The Hall–Kier alpha value is -0.300. The molecule has 0 unspecified atom stereocenters. The standard InChI is InChI=1S/C6H11N/c1-2-4-6-7-5-3-1/h1-2,7H,3-6H2/i/hD. The van der Waals surface area contributed by atoms with E-state index in [0.29, 0.717) is 0 Å². The van der Waals surface area contributed by atoms with Crippen LogP contribution in [0.2, 0.25) is 1.41 Å². The Bertz CT molecular complexity index is 80.5. The Morgan fingerprint density at radius 1 is 1.29 bits per heavy atom. The highest BCUT2D eigenvalue weighted by molar-refractivity contribution is 4.85. The minimum absolute atomic E-state index is 0.899. The molecule has 1 heterocycles. The van der Waals surface area contributed by atoms with Crippen LogP contribution in [0.3, 0.4) is 0 Å². The first kappa shape index (κ1) is 3.67. The van der Waals surface area contributed by atoms with Crippen LogP contribution in [0.15, 0.2) is 12.2 Å². The summed E-state index contributed by atoms with van der Waals surface area (Å²) in [5.41, 5.74) is 0. The third-order valence-corrected chi connectivity index (χ3v) is 1.07. The first-order valence-electron chi connectivity index (χ1n) is 3.23. The Labute approximate surface area is 45.9 Å². The molecule has 0 aromatic carbocycles. The van der Waals surface area contributed by atoms with Crippen LogP contribution in [0.1, 0.15) is 12.8 Å². The Kier molecular flexibility index (Phi) is 1.47. The fraction of sp³-hybridized carbons (Fsp3) is 0.667.